The predicted octanol–water partition coefficient (Wildman–Crippen LogP) is 8.18. The second kappa shape index (κ2) is 9.75. The van der Waals surface area contributed by atoms with Crippen molar-refractivity contribution in [1.82, 2.24) is 14.1 Å². The summed E-state index contributed by atoms with van der Waals surface area (Å²) in [4.78, 5) is 9.52. The highest BCUT2D eigenvalue weighted by atomic mass is 15.1. The lowest BCUT2D eigenvalue weighted by Gasteiger charge is -2.10. The van der Waals surface area contributed by atoms with Gasteiger partial charge in [-0.1, -0.05) is 84.9 Å². The Bertz CT molecular complexity index is 2270. The fourth-order valence-electron chi connectivity index (χ4n) is 6.09. The van der Waals surface area contributed by atoms with E-state index in [1.165, 1.54) is 27.1 Å². The van der Waals surface area contributed by atoms with Crippen molar-refractivity contribution in [2.45, 2.75) is 6.54 Å². The highest BCUT2D eigenvalue weighted by molar-refractivity contribution is 6.19. The molecule has 42 heavy (non-hydrogen) atoms. The molecule has 200 valence electrons. The van der Waals surface area contributed by atoms with Crippen molar-refractivity contribution in [2.75, 3.05) is 0 Å². The van der Waals surface area contributed by atoms with Crippen LogP contribution >= 0.6 is 0 Å². The van der Waals surface area contributed by atoms with E-state index >= 15 is 0 Å². The molecule has 8 rings (SSSR count). The van der Waals surface area contributed by atoms with Crippen molar-refractivity contribution in [3.8, 4) is 11.5 Å². The average Bonchev–Trinajstić information content (AvgIpc) is 3.55. The van der Waals surface area contributed by atoms with Gasteiger partial charge in [0.05, 0.1) is 28.6 Å². The third kappa shape index (κ3) is 3.86. The Balaban J connectivity index is 1.35. The molecule has 0 amide bonds. The monoisotopic (exact) mass is 541 g/mol. The standard InChI is InChI=1S/C37H27N5/c38-37(26-11-3-1-4-12-26)40-24-25-19-20-39-36(21-25)42-33-18-10-8-16-29(33)31-22-30-28-15-7-9-17-32(28)41(34(30)23-35(31)42)27-13-5-2-6-14-27/h1-23H,24H2,(H2,38,40). The van der Waals surface area contributed by atoms with Gasteiger partial charge < -0.3 is 10.3 Å². The Kier molecular flexibility index (Phi) is 5.61. The minimum atomic E-state index is 0.472. The van der Waals surface area contributed by atoms with Gasteiger partial charge in [0.2, 0.25) is 0 Å². The molecule has 5 aromatic carbocycles. The van der Waals surface area contributed by atoms with Gasteiger partial charge in [-0.3, -0.25) is 9.56 Å². The number of aliphatic imine (C=N–C) groups is 1. The summed E-state index contributed by atoms with van der Waals surface area (Å²) in [6.45, 7) is 0.472. The second-order valence-electron chi connectivity index (χ2n) is 10.5. The summed E-state index contributed by atoms with van der Waals surface area (Å²) in [5, 5.41) is 4.87. The van der Waals surface area contributed by atoms with Crippen LogP contribution < -0.4 is 5.73 Å². The minimum absolute atomic E-state index is 0.472. The second-order valence-corrected chi connectivity index (χ2v) is 10.5. The number of nitrogens with zero attached hydrogens (tertiary/aromatic N) is 4. The third-order valence-corrected chi connectivity index (χ3v) is 8.02. The minimum Gasteiger partial charge on any atom is -0.383 e. The maximum atomic E-state index is 6.30. The molecule has 0 saturated heterocycles. The van der Waals surface area contributed by atoms with Crippen molar-refractivity contribution in [3.05, 3.63) is 151 Å². The van der Waals surface area contributed by atoms with Gasteiger partial charge in [-0.05, 0) is 54.1 Å². The Hall–Kier alpha value is -5.68. The largest absolute Gasteiger partial charge is 0.383 e. The van der Waals surface area contributed by atoms with Gasteiger partial charge in [-0.15, -0.1) is 0 Å². The zero-order chi connectivity index (χ0) is 28.0. The molecule has 0 unspecified atom stereocenters. The highest BCUT2D eigenvalue weighted by Crippen LogP contribution is 2.39. The summed E-state index contributed by atoms with van der Waals surface area (Å²) < 4.78 is 4.63. The number of pyridine rings is 1. The van der Waals surface area contributed by atoms with E-state index in [0.717, 1.165) is 39.2 Å². The predicted molar refractivity (Wildman–Crippen MR) is 174 cm³/mol. The van der Waals surface area contributed by atoms with Crippen LogP contribution in [0.2, 0.25) is 0 Å². The molecule has 5 heteroatoms. The van der Waals surface area contributed by atoms with Crippen LogP contribution in [0.1, 0.15) is 11.1 Å². The lowest BCUT2D eigenvalue weighted by Crippen LogP contribution is -2.13. The molecule has 0 radical (unpaired) electrons. The quantitative estimate of drug-likeness (QED) is 0.176. The van der Waals surface area contributed by atoms with Gasteiger partial charge in [-0.25, -0.2) is 4.98 Å². The average molecular weight is 542 g/mol. The third-order valence-electron chi connectivity index (χ3n) is 8.02. The molecule has 0 aliphatic heterocycles. The van der Waals surface area contributed by atoms with Crippen LogP contribution in [-0.2, 0) is 6.54 Å². The van der Waals surface area contributed by atoms with E-state index in [4.69, 9.17) is 10.7 Å². The number of benzene rings is 5. The van der Waals surface area contributed by atoms with Gasteiger partial charge in [0.25, 0.3) is 0 Å². The maximum Gasteiger partial charge on any atom is 0.137 e. The van der Waals surface area contributed by atoms with Crippen LogP contribution in [0.5, 0.6) is 0 Å². The van der Waals surface area contributed by atoms with E-state index < -0.39 is 0 Å². The van der Waals surface area contributed by atoms with Crippen molar-refractivity contribution >= 4 is 49.4 Å². The summed E-state index contributed by atoms with van der Waals surface area (Å²) in [6, 6.07) is 46.4. The zero-order valence-electron chi connectivity index (χ0n) is 22.9. The Morgan fingerprint density at radius 3 is 1.88 bits per heavy atom. The van der Waals surface area contributed by atoms with Gasteiger partial charge >= 0.3 is 0 Å². The van der Waals surface area contributed by atoms with E-state index in [1.54, 1.807) is 0 Å². The molecule has 0 spiro atoms. The first-order chi connectivity index (χ1) is 20.8. The number of para-hydroxylation sites is 3. The van der Waals surface area contributed by atoms with E-state index in [0.29, 0.717) is 12.4 Å². The molecule has 5 nitrogen and oxygen atoms in total. The fraction of sp³-hybridized carbons (Fsp3) is 0.0270. The number of aromatic nitrogens is 3. The van der Waals surface area contributed by atoms with Crippen LogP contribution in [0.3, 0.4) is 0 Å². The van der Waals surface area contributed by atoms with E-state index in [9.17, 15) is 0 Å². The fourth-order valence-corrected chi connectivity index (χ4v) is 6.09. The van der Waals surface area contributed by atoms with E-state index in [2.05, 4.69) is 111 Å². The van der Waals surface area contributed by atoms with Crippen LogP contribution in [0.4, 0.5) is 0 Å². The SMILES string of the molecule is N/C(=N\Cc1ccnc(-n2c3ccccc3c3cc4c5ccccc5n(-c5ccccc5)c4cc32)c1)c1ccccc1. The smallest absolute Gasteiger partial charge is 0.137 e. The molecule has 3 aromatic heterocycles. The summed E-state index contributed by atoms with van der Waals surface area (Å²) in [7, 11) is 0. The van der Waals surface area contributed by atoms with E-state index in [-0.39, 0.29) is 0 Å². The molecule has 0 aliphatic carbocycles. The Labute approximate surface area is 242 Å². The summed E-state index contributed by atoms with van der Waals surface area (Å²) >= 11 is 0. The number of nitrogens with two attached hydrogens (primary N) is 1. The van der Waals surface area contributed by atoms with Gasteiger partial charge in [0.15, 0.2) is 0 Å². The van der Waals surface area contributed by atoms with Gasteiger partial charge in [-0.2, -0.15) is 0 Å². The molecule has 2 N–H and O–H groups in total. The summed E-state index contributed by atoms with van der Waals surface area (Å²) in [5.41, 5.74) is 14.0. The van der Waals surface area contributed by atoms with E-state index in [1.807, 2.05) is 42.6 Å². The normalized spacial score (nSPS) is 12.1. The van der Waals surface area contributed by atoms with Crippen LogP contribution in [0.15, 0.2) is 145 Å². The molecule has 0 atom stereocenters. The number of fused-ring (bicyclic) bond motifs is 6. The van der Waals surface area contributed by atoms with Crippen molar-refractivity contribution < 1.29 is 0 Å². The maximum absolute atomic E-state index is 6.30. The summed E-state index contributed by atoms with van der Waals surface area (Å²) in [5.74, 6) is 1.39. The van der Waals surface area contributed by atoms with Crippen molar-refractivity contribution in [2.24, 2.45) is 10.7 Å². The number of hydrogen-bond donors (Lipinski definition) is 1. The summed E-state index contributed by atoms with van der Waals surface area (Å²) in [6.07, 6.45) is 1.86. The van der Waals surface area contributed by atoms with Crippen LogP contribution in [0.25, 0.3) is 55.1 Å². The number of amidine groups is 1. The lowest BCUT2D eigenvalue weighted by atomic mass is 10.1. The number of rotatable bonds is 5. The molecule has 0 fully saturated rings. The topological polar surface area (TPSA) is 61.1 Å². The molecule has 8 aromatic rings. The first kappa shape index (κ1) is 24.1. The first-order valence-electron chi connectivity index (χ1n) is 14.1. The molecular weight excluding hydrogens is 514 g/mol. The molecule has 3 heterocycles. The molecule has 0 aliphatic rings. The number of hydrogen-bond acceptors (Lipinski definition) is 2. The van der Waals surface area contributed by atoms with Crippen LogP contribution in [0, 0.1) is 0 Å². The van der Waals surface area contributed by atoms with Gasteiger partial charge in [0, 0.05) is 39.0 Å². The van der Waals surface area contributed by atoms with Gasteiger partial charge in [0.1, 0.15) is 11.7 Å². The highest BCUT2D eigenvalue weighted by Gasteiger charge is 2.18. The van der Waals surface area contributed by atoms with Crippen molar-refractivity contribution in [3.63, 3.8) is 0 Å². The first-order valence-corrected chi connectivity index (χ1v) is 14.1. The zero-order valence-corrected chi connectivity index (χ0v) is 22.9. The van der Waals surface area contributed by atoms with Crippen molar-refractivity contribution in [1.29, 1.82) is 0 Å². The molecular formula is C37H27N5. The Morgan fingerprint density at radius 1 is 0.571 bits per heavy atom. The van der Waals surface area contributed by atoms with Crippen LogP contribution in [-0.4, -0.2) is 20.0 Å². The lowest BCUT2D eigenvalue weighted by molar-refractivity contribution is 1.01. The Morgan fingerprint density at radius 2 is 1.17 bits per heavy atom. The molecule has 0 saturated carbocycles. The molecule has 0 bridgehead atoms.